The molecule has 0 aromatic rings. The first-order chi connectivity index (χ1) is 14.6. The summed E-state index contributed by atoms with van der Waals surface area (Å²) in [6.07, 6.45) is 3.48. The number of amides is 2. The first-order valence-corrected chi connectivity index (χ1v) is 11.2. The molecule has 0 heterocycles. The van der Waals surface area contributed by atoms with E-state index < -0.39 is 35.9 Å². The van der Waals surface area contributed by atoms with E-state index in [-0.39, 0.29) is 24.9 Å². The standard InChI is InChI=1S/C17H35N9O4S/c1-31-9-6-11(25-13(27)10(18)4-2-7-23-16(19)20)14(28)26-12(15(29)30)5-3-8-24-17(21)22/h10-12H,2-9,18H2,1H3,(H,25,27)(H,26,28)(H,29,30)(H4,19,20,23)(H4,21,22,24). The maximum atomic E-state index is 12.6. The second kappa shape index (κ2) is 16.0. The van der Waals surface area contributed by atoms with Crippen molar-refractivity contribution in [3.63, 3.8) is 0 Å². The molecule has 3 atom stereocenters. The average Bonchev–Trinajstić information content (AvgIpc) is 2.69. The molecule has 14 heteroatoms. The van der Waals surface area contributed by atoms with E-state index in [4.69, 9.17) is 28.7 Å². The van der Waals surface area contributed by atoms with E-state index in [1.165, 1.54) is 11.8 Å². The molecule has 0 saturated heterocycles. The maximum Gasteiger partial charge on any atom is 0.326 e. The minimum absolute atomic E-state index is 0.0434. The Bertz CT molecular complexity index is 637. The zero-order chi connectivity index (χ0) is 23.8. The van der Waals surface area contributed by atoms with Gasteiger partial charge in [-0.05, 0) is 44.1 Å². The fraction of sp³-hybridized carbons (Fsp3) is 0.706. The quantitative estimate of drug-likeness (QED) is 0.0666. The van der Waals surface area contributed by atoms with E-state index in [2.05, 4.69) is 20.6 Å². The Morgan fingerprint density at radius 3 is 1.87 bits per heavy atom. The van der Waals surface area contributed by atoms with Gasteiger partial charge >= 0.3 is 5.97 Å². The molecule has 0 saturated carbocycles. The number of thioether (sulfide) groups is 1. The van der Waals surface area contributed by atoms with E-state index in [0.717, 1.165) is 0 Å². The molecular weight excluding hydrogens is 426 g/mol. The molecule has 3 unspecified atom stereocenters. The molecule has 0 aromatic carbocycles. The van der Waals surface area contributed by atoms with Gasteiger partial charge in [0.05, 0.1) is 6.04 Å². The predicted octanol–water partition coefficient (Wildman–Crippen LogP) is -2.77. The molecule has 0 bridgehead atoms. The van der Waals surface area contributed by atoms with Gasteiger partial charge in [-0.2, -0.15) is 11.8 Å². The molecule has 13 nitrogen and oxygen atoms in total. The van der Waals surface area contributed by atoms with Gasteiger partial charge in [0.1, 0.15) is 12.1 Å². The number of nitrogens with two attached hydrogens (primary N) is 5. The van der Waals surface area contributed by atoms with Crippen molar-refractivity contribution in [2.24, 2.45) is 38.7 Å². The van der Waals surface area contributed by atoms with Crippen molar-refractivity contribution in [1.82, 2.24) is 10.6 Å². The molecule has 178 valence electrons. The van der Waals surface area contributed by atoms with Crippen molar-refractivity contribution in [3.8, 4) is 0 Å². The summed E-state index contributed by atoms with van der Waals surface area (Å²) in [5, 5.41) is 14.4. The molecule has 0 aliphatic carbocycles. The largest absolute Gasteiger partial charge is 0.480 e. The van der Waals surface area contributed by atoms with Crippen LogP contribution in [0.2, 0.25) is 0 Å². The van der Waals surface area contributed by atoms with Gasteiger partial charge in [-0.15, -0.1) is 0 Å². The van der Waals surface area contributed by atoms with Crippen LogP contribution < -0.4 is 39.3 Å². The van der Waals surface area contributed by atoms with Crippen LogP contribution in [0.25, 0.3) is 0 Å². The number of hydrogen-bond donors (Lipinski definition) is 8. The smallest absolute Gasteiger partial charge is 0.326 e. The zero-order valence-corrected chi connectivity index (χ0v) is 18.6. The van der Waals surface area contributed by atoms with Crippen LogP contribution in [-0.4, -0.2) is 78.0 Å². The lowest BCUT2D eigenvalue weighted by Crippen LogP contribution is -2.54. The molecule has 0 spiro atoms. The molecule has 31 heavy (non-hydrogen) atoms. The molecule has 0 aromatic heterocycles. The van der Waals surface area contributed by atoms with Gasteiger partial charge in [0.2, 0.25) is 11.8 Å². The monoisotopic (exact) mass is 461 g/mol. The van der Waals surface area contributed by atoms with Crippen molar-refractivity contribution >= 4 is 41.5 Å². The fourth-order valence-electron chi connectivity index (χ4n) is 2.47. The predicted molar refractivity (Wildman–Crippen MR) is 122 cm³/mol. The topological polar surface area (TPSA) is 250 Å². The number of carboxylic acid groups (broad SMARTS) is 1. The van der Waals surface area contributed by atoms with Crippen LogP contribution in [0, 0.1) is 0 Å². The van der Waals surface area contributed by atoms with E-state index in [9.17, 15) is 19.5 Å². The van der Waals surface area contributed by atoms with E-state index in [1.807, 2.05) is 6.26 Å². The molecule has 13 N–H and O–H groups in total. The van der Waals surface area contributed by atoms with Crippen LogP contribution in [-0.2, 0) is 14.4 Å². The van der Waals surface area contributed by atoms with Gasteiger partial charge in [0.15, 0.2) is 11.9 Å². The van der Waals surface area contributed by atoms with Crippen molar-refractivity contribution in [3.05, 3.63) is 0 Å². The van der Waals surface area contributed by atoms with E-state index in [1.54, 1.807) is 0 Å². The summed E-state index contributed by atoms with van der Waals surface area (Å²) in [5.74, 6) is -1.84. The van der Waals surface area contributed by atoms with Gasteiger partial charge in [-0.1, -0.05) is 0 Å². The molecule has 0 radical (unpaired) electrons. The normalized spacial score (nSPS) is 13.4. The minimum atomic E-state index is -1.19. The highest BCUT2D eigenvalue weighted by Gasteiger charge is 2.27. The summed E-state index contributed by atoms with van der Waals surface area (Å²) >= 11 is 1.49. The van der Waals surface area contributed by atoms with Crippen molar-refractivity contribution in [2.75, 3.05) is 25.1 Å². The zero-order valence-electron chi connectivity index (χ0n) is 17.8. The Morgan fingerprint density at radius 1 is 0.871 bits per heavy atom. The first-order valence-electron chi connectivity index (χ1n) is 9.77. The number of nitrogens with zero attached hydrogens (tertiary/aromatic N) is 2. The molecule has 2 amide bonds. The Balaban J connectivity index is 4.87. The maximum absolute atomic E-state index is 12.6. The number of carbonyl (C=O) groups is 3. The van der Waals surface area contributed by atoms with Crippen LogP contribution in [0.1, 0.15) is 32.1 Å². The number of aliphatic carboxylic acids is 1. The SMILES string of the molecule is CSCCC(NC(=O)C(N)CCCN=C(N)N)C(=O)NC(CCCN=C(N)N)C(=O)O. The average molecular weight is 462 g/mol. The third-order valence-corrected chi connectivity index (χ3v) is 4.75. The van der Waals surface area contributed by atoms with Crippen LogP contribution in [0.5, 0.6) is 0 Å². The molecule has 0 fully saturated rings. The lowest BCUT2D eigenvalue weighted by Gasteiger charge is -2.22. The van der Waals surface area contributed by atoms with Gasteiger partial charge in [0.25, 0.3) is 0 Å². The highest BCUT2D eigenvalue weighted by molar-refractivity contribution is 7.98. The number of carbonyl (C=O) groups excluding carboxylic acids is 2. The molecule has 0 aliphatic heterocycles. The Morgan fingerprint density at radius 2 is 1.39 bits per heavy atom. The summed E-state index contributed by atoms with van der Waals surface area (Å²) in [6, 6.07) is -2.90. The fourth-order valence-corrected chi connectivity index (χ4v) is 2.94. The van der Waals surface area contributed by atoms with Gasteiger partial charge in [0, 0.05) is 13.1 Å². The second-order valence-corrected chi connectivity index (χ2v) is 7.73. The first kappa shape index (κ1) is 28.3. The lowest BCUT2D eigenvalue weighted by atomic mass is 10.1. The number of nitrogens with one attached hydrogen (secondary N) is 2. The Hall–Kier alpha value is -2.74. The van der Waals surface area contributed by atoms with Crippen LogP contribution in [0.4, 0.5) is 0 Å². The lowest BCUT2D eigenvalue weighted by molar-refractivity contribution is -0.142. The highest BCUT2D eigenvalue weighted by atomic mass is 32.2. The van der Waals surface area contributed by atoms with Crippen LogP contribution in [0.15, 0.2) is 9.98 Å². The van der Waals surface area contributed by atoms with Gasteiger partial charge in [-0.25, -0.2) is 4.79 Å². The molecule has 0 rings (SSSR count). The Kier molecular flexibility index (Phi) is 14.6. The number of aliphatic imine (C=N–C) groups is 2. The minimum Gasteiger partial charge on any atom is -0.480 e. The van der Waals surface area contributed by atoms with Gasteiger partial charge < -0.3 is 44.4 Å². The second-order valence-electron chi connectivity index (χ2n) is 6.75. The summed E-state index contributed by atoms with van der Waals surface area (Å²) in [6.45, 7) is 0.573. The van der Waals surface area contributed by atoms with Crippen molar-refractivity contribution < 1.29 is 19.5 Å². The highest BCUT2D eigenvalue weighted by Crippen LogP contribution is 2.05. The summed E-state index contributed by atoms with van der Waals surface area (Å²) in [7, 11) is 0. The van der Waals surface area contributed by atoms with Crippen LogP contribution >= 0.6 is 11.8 Å². The number of guanidine groups is 2. The van der Waals surface area contributed by atoms with E-state index in [0.29, 0.717) is 38.0 Å². The molecular formula is C17H35N9O4S. The molecule has 0 aliphatic rings. The van der Waals surface area contributed by atoms with Crippen molar-refractivity contribution in [2.45, 2.75) is 50.2 Å². The number of carboxylic acids is 1. The summed E-state index contributed by atoms with van der Waals surface area (Å²) in [4.78, 5) is 44.1. The number of hydrogen-bond acceptors (Lipinski definition) is 7. The van der Waals surface area contributed by atoms with E-state index >= 15 is 0 Å². The summed E-state index contributed by atoms with van der Waals surface area (Å²) in [5.41, 5.74) is 26.8. The van der Waals surface area contributed by atoms with Gasteiger partial charge in [-0.3, -0.25) is 19.6 Å². The number of rotatable bonds is 16. The third kappa shape index (κ3) is 14.0. The van der Waals surface area contributed by atoms with Crippen molar-refractivity contribution in [1.29, 1.82) is 0 Å². The summed E-state index contributed by atoms with van der Waals surface area (Å²) < 4.78 is 0. The Labute approximate surface area is 186 Å². The third-order valence-electron chi connectivity index (χ3n) is 4.11. The van der Waals surface area contributed by atoms with Crippen LogP contribution in [0.3, 0.4) is 0 Å².